The molecule has 2 aromatic carbocycles. The van der Waals surface area contributed by atoms with E-state index in [4.69, 9.17) is 0 Å². The van der Waals surface area contributed by atoms with Crippen molar-refractivity contribution >= 4 is 5.91 Å². The van der Waals surface area contributed by atoms with Gasteiger partial charge in [0.25, 0.3) is 0 Å². The molecule has 3 nitrogen and oxygen atoms in total. The molecule has 5 heteroatoms. The van der Waals surface area contributed by atoms with E-state index in [9.17, 15) is 13.6 Å². The highest BCUT2D eigenvalue weighted by Crippen LogP contribution is 2.41. The third-order valence-electron chi connectivity index (χ3n) is 5.19. The van der Waals surface area contributed by atoms with E-state index in [2.05, 4.69) is 10.6 Å². The summed E-state index contributed by atoms with van der Waals surface area (Å²) in [5.41, 5.74) is 2.32. The Hall–Kier alpha value is -2.27. The van der Waals surface area contributed by atoms with E-state index < -0.39 is 18.3 Å². The van der Waals surface area contributed by atoms with Crippen molar-refractivity contribution in [2.45, 2.75) is 43.4 Å². The summed E-state index contributed by atoms with van der Waals surface area (Å²) in [4.78, 5) is 12.6. The Labute approximate surface area is 151 Å². The quantitative estimate of drug-likeness (QED) is 0.859. The molecule has 1 amide bonds. The van der Waals surface area contributed by atoms with Crippen molar-refractivity contribution in [1.82, 2.24) is 10.6 Å². The monoisotopic (exact) mass is 356 g/mol. The van der Waals surface area contributed by atoms with E-state index in [1.54, 1.807) is 0 Å². The van der Waals surface area contributed by atoms with Crippen molar-refractivity contribution in [1.29, 1.82) is 0 Å². The Morgan fingerprint density at radius 3 is 2.50 bits per heavy atom. The van der Waals surface area contributed by atoms with E-state index in [1.807, 2.05) is 42.5 Å². The highest BCUT2D eigenvalue weighted by molar-refractivity contribution is 5.83. The topological polar surface area (TPSA) is 41.1 Å². The zero-order chi connectivity index (χ0) is 18.1. The lowest BCUT2D eigenvalue weighted by Crippen LogP contribution is -2.42. The number of benzene rings is 2. The van der Waals surface area contributed by atoms with Gasteiger partial charge in [0.2, 0.25) is 5.91 Å². The summed E-state index contributed by atoms with van der Waals surface area (Å²) >= 11 is 0. The van der Waals surface area contributed by atoms with Gasteiger partial charge in [0.1, 0.15) is 12.0 Å². The molecule has 2 fully saturated rings. The first-order chi connectivity index (χ1) is 12.6. The number of halogens is 2. The van der Waals surface area contributed by atoms with Crippen LogP contribution in [-0.2, 0) is 4.79 Å². The molecule has 1 heterocycles. The van der Waals surface area contributed by atoms with Crippen LogP contribution in [0.15, 0.2) is 48.5 Å². The van der Waals surface area contributed by atoms with Gasteiger partial charge < -0.3 is 10.6 Å². The molecule has 2 N–H and O–H groups in total. The van der Waals surface area contributed by atoms with Gasteiger partial charge in [-0.15, -0.1) is 0 Å². The summed E-state index contributed by atoms with van der Waals surface area (Å²) in [6.07, 6.45) is 1.23. The maximum absolute atomic E-state index is 14.5. The van der Waals surface area contributed by atoms with Crippen LogP contribution in [0, 0.1) is 5.82 Å². The predicted octanol–water partition coefficient (Wildman–Crippen LogP) is 3.61. The summed E-state index contributed by atoms with van der Waals surface area (Å²) in [6.45, 7) is 0.193. The molecule has 4 rings (SSSR count). The van der Waals surface area contributed by atoms with Crippen LogP contribution in [0.1, 0.15) is 47.9 Å². The Kier molecular flexibility index (Phi) is 4.72. The number of carbonyl (C=O) groups excluding carboxylic acids is 1. The maximum atomic E-state index is 14.5. The number of carbonyl (C=O) groups is 1. The lowest BCUT2D eigenvalue weighted by atomic mass is 9.96. The third-order valence-corrected chi connectivity index (χ3v) is 5.19. The fourth-order valence-electron chi connectivity index (χ4n) is 3.59. The fraction of sp³-hybridized carbons (Fsp3) is 0.381. The molecule has 3 atom stereocenters. The summed E-state index contributed by atoms with van der Waals surface area (Å²) < 4.78 is 27.9. The Balaban J connectivity index is 1.61. The Bertz CT molecular complexity index is 792. The average molecular weight is 356 g/mol. The van der Waals surface area contributed by atoms with Gasteiger partial charge in [-0.3, -0.25) is 4.79 Å². The first-order valence-corrected chi connectivity index (χ1v) is 9.14. The summed E-state index contributed by atoms with van der Waals surface area (Å²) in [5, 5.41) is 5.87. The number of amides is 1. The van der Waals surface area contributed by atoms with Gasteiger partial charge in [-0.05, 0) is 41.5 Å². The highest BCUT2D eigenvalue weighted by atomic mass is 19.1. The van der Waals surface area contributed by atoms with Gasteiger partial charge in [-0.25, -0.2) is 8.78 Å². The summed E-state index contributed by atoms with van der Waals surface area (Å²) in [7, 11) is 0. The second-order valence-electron chi connectivity index (χ2n) is 7.20. The largest absolute Gasteiger partial charge is 0.344 e. The lowest BCUT2D eigenvalue weighted by molar-refractivity contribution is -0.123. The van der Waals surface area contributed by atoms with Gasteiger partial charge in [0, 0.05) is 13.0 Å². The van der Waals surface area contributed by atoms with Crippen molar-refractivity contribution < 1.29 is 13.6 Å². The van der Waals surface area contributed by atoms with E-state index in [-0.39, 0.29) is 24.7 Å². The minimum absolute atomic E-state index is 0.169. The van der Waals surface area contributed by atoms with Crippen LogP contribution in [0.5, 0.6) is 0 Å². The molecule has 2 aliphatic rings. The van der Waals surface area contributed by atoms with Crippen LogP contribution < -0.4 is 10.6 Å². The van der Waals surface area contributed by atoms with Crippen molar-refractivity contribution in [3.8, 4) is 0 Å². The molecule has 0 spiro atoms. The van der Waals surface area contributed by atoms with Crippen LogP contribution in [0.25, 0.3) is 0 Å². The van der Waals surface area contributed by atoms with Crippen LogP contribution in [0.3, 0.4) is 0 Å². The van der Waals surface area contributed by atoms with Crippen molar-refractivity contribution in [2.75, 3.05) is 6.54 Å². The lowest BCUT2D eigenvalue weighted by Gasteiger charge is -2.22. The van der Waals surface area contributed by atoms with Crippen molar-refractivity contribution in [2.24, 2.45) is 0 Å². The summed E-state index contributed by atoms with van der Waals surface area (Å²) in [5.74, 6) is -0.147. The zero-order valence-corrected chi connectivity index (χ0v) is 14.4. The smallest absolute Gasteiger partial charge is 0.237 e. The van der Waals surface area contributed by atoms with E-state index in [0.717, 1.165) is 24.0 Å². The molecule has 0 aromatic heterocycles. The van der Waals surface area contributed by atoms with E-state index in [1.165, 1.54) is 6.07 Å². The molecular weight excluding hydrogens is 334 g/mol. The van der Waals surface area contributed by atoms with Gasteiger partial charge in [-0.2, -0.15) is 0 Å². The Morgan fingerprint density at radius 1 is 1.12 bits per heavy atom. The zero-order valence-electron chi connectivity index (χ0n) is 14.4. The predicted molar refractivity (Wildman–Crippen MR) is 96.1 cm³/mol. The number of hydrogen-bond donors (Lipinski definition) is 2. The fourth-order valence-corrected chi connectivity index (χ4v) is 3.59. The molecule has 136 valence electrons. The Morgan fingerprint density at radius 2 is 1.88 bits per heavy atom. The van der Waals surface area contributed by atoms with Crippen LogP contribution in [0.2, 0.25) is 0 Å². The van der Waals surface area contributed by atoms with Gasteiger partial charge in [0.15, 0.2) is 0 Å². The standard InChI is InChI=1S/C21H22F2N2O/c22-16-11-19(24-12-16)21(26)25-20(14-4-2-1-3-5-14)15-8-9-17(13-6-7-13)18(23)10-15/h1-5,8-10,13,16,19-20,24H,6-7,11-12H2,(H,25,26)/t16?,19?,20-/m0/s1. The second-order valence-corrected chi connectivity index (χ2v) is 7.20. The molecule has 26 heavy (non-hydrogen) atoms. The molecule has 1 aliphatic carbocycles. The normalized spacial score (nSPS) is 23.6. The van der Waals surface area contributed by atoms with Gasteiger partial charge in [0.05, 0.1) is 12.1 Å². The molecule has 1 saturated carbocycles. The minimum atomic E-state index is -1.00. The number of hydrogen-bond acceptors (Lipinski definition) is 2. The molecule has 0 bridgehead atoms. The van der Waals surface area contributed by atoms with Gasteiger partial charge >= 0.3 is 0 Å². The second kappa shape index (κ2) is 7.16. The number of alkyl halides is 1. The SMILES string of the molecule is O=C(N[C@@H](c1ccccc1)c1ccc(C2CC2)c(F)c1)C1CC(F)CN1. The van der Waals surface area contributed by atoms with Crippen LogP contribution in [-0.4, -0.2) is 24.7 Å². The van der Waals surface area contributed by atoms with Crippen LogP contribution >= 0.6 is 0 Å². The highest BCUT2D eigenvalue weighted by Gasteiger charge is 2.31. The molecule has 1 aliphatic heterocycles. The minimum Gasteiger partial charge on any atom is -0.344 e. The van der Waals surface area contributed by atoms with Crippen molar-refractivity contribution in [3.05, 3.63) is 71.0 Å². The number of nitrogens with one attached hydrogen (secondary N) is 2. The molecule has 1 saturated heterocycles. The number of rotatable bonds is 5. The molecular formula is C21H22F2N2O. The maximum Gasteiger partial charge on any atom is 0.237 e. The first kappa shape index (κ1) is 17.2. The summed E-state index contributed by atoms with van der Waals surface area (Å²) in [6, 6.07) is 13.7. The van der Waals surface area contributed by atoms with Gasteiger partial charge in [-0.1, -0.05) is 42.5 Å². The third kappa shape index (κ3) is 3.63. The van der Waals surface area contributed by atoms with Crippen molar-refractivity contribution in [3.63, 3.8) is 0 Å². The molecule has 0 radical (unpaired) electrons. The van der Waals surface area contributed by atoms with E-state index in [0.29, 0.717) is 11.5 Å². The first-order valence-electron chi connectivity index (χ1n) is 9.14. The average Bonchev–Trinajstić information content (AvgIpc) is 3.40. The van der Waals surface area contributed by atoms with E-state index >= 15 is 0 Å². The molecule has 2 aromatic rings. The molecule has 2 unspecified atom stereocenters. The van der Waals surface area contributed by atoms with Crippen LogP contribution in [0.4, 0.5) is 8.78 Å².